The highest BCUT2D eigenvalue weighted by Gasteiger charge is 2.49. The van der Waals surface area contributed by atoms with Crippen molar-refractivity contribution in [1.29, 1.82) is 5.26 Å². The van der Waals surface area contributed by atoms with Gasteiger partial charge in [0.05, 0.1) is 12.2 Å². The maximum absolute atomic E-state index is 9.00. The van der Waals surface area contributed by atoms with Crippen LogP contribution < -0.4 is 5.32 Å². The molecule has 0 radical (unpaired) electrons. The molecule has 64 valence electrons. The number of hydrogen-bond donors (Lipinski definition) is 1. The lowest BCUT2D eigenvalue weighted by atomic mass is 9.57. The normalized spacial score (nSPS) is 50.8. The van der Waals surface area contributed by atoms with Gasteiger partial charge in [0.25, 0.3) is 0 Å². The lowest BCUT2D eigenvalue weighted by Crippen LogP contribution is -2.55. The molecule has 0 bridgehead atoms. The molecule has 4 heteroatoms. The Labute approximate surface area is 73.5 Å². The third-order valence-corrected chi connectivity index (χ3v) is 3.12. The minimum atomic E-state index is -0.282. The number of nitrogens with zero attached hydrogens (tertiary/aromatic N) is 1. The Bertz CT molecular complexity index is 240. The van der Waals surface area contributed by atoms with Crippen LogP contribution in [0.5, 0.6) is 0 Å². The van der Waals surface area contributed by atoms with Gasteiger partial charge in [-0.2, -0.15) is 5.26 Å². The Hall–Kier alpha value is -0.525. The molecule has 0 aromatic rings. The van der Waals surface area contributed by atoms with Crippen molar-refractivity contribution < 1.29 is 4.74 Å². The van der Waals surface area contributed by atoms with Crippen LogP contribution in [0.4, 0.5) is 0 Å². The smallest absolute Gasteiger partial charge is 0.136 e. The van der Waals surface area contributed by atoms with Gasteiger partial charge in [0, 0.05) is 0 Å². The first-order chi connectivity index (χ1) is 5.68. The van der Waals surface area contributed by atoms with E-state index < -0.39 is 0 Å². The number of rotatable bonds is 2. The van der Waals surface area contributed by atoms with Crippen molar-refractivity contribution in [2.24, 2.45) is 0 Å². The molecule has 4 atom stereocenters. The Kier molecular flexibility index (Phi) is 1.67. The lowest BCUT2D eigenvalue weighted by molar-refractivity contribution is 0.214. The SMILES string of the molecule is B[C@H]1CC[C@@]1(C#N)NC1OC1C. The van der Waals surface area contributed by atoms with Gasteiger partial charge in [0.2, 0.25) is 0 Å². The molecule has 2 aliphatic rings. The van der Waals surface area contributed by atoms with Gasteiger partial charge < -0.3 is 4.74 Å². The van der Waals surface area contributed by atoms with Gasteiger partial charge in [0.15, 0.2) is 0 Å². The van der Waals surface area contributed by atoms with E-state index in [-0.39, 0.29) is 11.8 Å². The highest BCUT2D eigenvalue weighted by Crippen LogP contribution is 2.42. The number of epoxide rings is 1. The standard InChI is InChI=1S/C8H13BN2O/c1-5-7(12-5)11-8(4-10)3-2-6(8)9/h5-7,11H,2-3,9H2,1H3/t5?,6-,7?,8-/m0/s1. The summed E-state index contributed by atoms with van der Waals surface area (Å²) in [4.78, 5) is 0. The number of nitrogens with one attached hydrogen (secondary N) is 1. The summed E-state index contributed by atoms with van der Waals surface area (Å²) in [5.41, 5.74) is -0.282. The van der Waals surface area contributed by atoms with Crippen LogP contribution >= 0.6 is 0 Å². The number of hydrogen-bond acceptors (Lipinski definition) is 3. The van der Waals surface area contributed by atoms with Crippen LogP contribution in [0.2, 0.25) is 5.82 Å². The van der Waals surface area contributed by atoms with E-state index in [1.807, 2.05) is 6.92 Å². The monoisotopic (exact) mass is 164 g/mol. The van der Waals surface area contributed by atoms with Crippen LogP contribution in [-0.4, -0.2) is 25.7 Å². The van der Waals surface area contributed by atoms with Gasteiger partial charge in [0.1, 0.15) is 19.6 Å². The third-order valence-electron chi connectivity index (χ3n) is 3.12. The zero-order chi connectivity index (χ0) is 8.77. The second-order valence-electron chi connectivity index (χ2n) is 3.93. The predicted molar refractivity (Wildman–Crippen MR) is 47.3 cm³/mol. The average Bonchev–Trinajstić information content (AvgIpc) is 2.74. The zero-order valence-electron chi connectivity index (χ0n) is 7.50. The molecular weight excluding hydrogens is 151 g/mol. The Morgan fingerprint density at radius 2 is 2.42 bits per heavy atom. The molecule has 3 nitrogen and oxygen atoms in total. The molecule has 0 spiro atoms. The molecule has 2 unspecified atom stereocenters. The molecule has 0 aromatic heterocycles. The van der Waals surface area contributed by atoms with E-state index >= 15 is 0 Å². The number of ether oxygens (including phenoxy) is 1. The van der Waals surface area contributed by atoms with Crippen LogP contribution in [0.25, 0.3) is 0 Å². The summed E-state index contributed by atoms with van der Waals surface area (Å²) in [6, 6.07) is 2.37. The van der Waals surface area contributed by atoms with Crippen LogP contribution in [0.15, 0.2) is 0 Å². The Morgan fingerprint density at radius 3 is 2.67 bits per heavy atom. The topological polar surface area (TPSA) is 48.4 Å². The van der Waals surface area contributed by atoms with Gasteiger partial charge in [-0.1, -0.05) is 6.42 Å². The van der Waals surface area contributed by atoms with E-state index in [4.69, 9.17) is 10.00 Å². The zero-order valence-corrected chi connectivity index (χ0v) is 7.50. The molecule has 1 aliphatic heterocycles. The quantitative estimate of drug-likeness (QED) is 0.454. The second-order valence-corrected chi connectivity index (χ2v) is 3.93. The minimum absolute atomic E-state index is 0.132. The largest absolute Gasteiger partial charge is 0.353 e. The van der Waals surface area contributed by atoms with Crippen LogP contribution in [0.3, 0.4) is 0 Å². The van der Waals surface area contributed by atoms with Gasteiger partial charge in [-0.15, -0.1) is 0 Å². The fourth-order valence-corrected chi connectivity index (χ4v) is 1.73. The van der Waals surface area contributed by atoms with Gasteiger partial charge in [-0.05, 0) is 19.2 Å². The van der Waals surface area contributed by atoms with E-state index in [1.54, 1.807) is 0 Å². The van der Waals surface area contributed by atoms with E-state index in [0.717, 1.165) is 12.8 Å². The van der Waals surface area contributed by atoms with Crippen LogP contribution in [-0.2, 0) is 4.74 Å². The maximum atomic E-state index is 9.00. The van der Waals surface area contributed by atoms with Crippen molar-refractivity contribution in [3.05, 3.63) is 0 Å². The Morgan fingerprint density at radius 1 is 1.75 bits per heavy atom. The molecule has 1 saturated heterocycles. The van der Waals surface area contributed by atoms with Crippen LogP contribution in [0.1, 0.15) is 19.8 Å². The van der Waals surface area contributed by atoms with Gasteiger partial charge in [-0.25, -0.2) is 0 Å². The fourth-order valence-electron chi connectivity index (χ4n) is 1.73. The van der Waals surface area contributed by atoms with E-state index in [1.165, 1.54) is 0 Å². The molecule has 0 aromatic carbocycles. The van der Waals surface area contributed by atoms with Crippen molar-refractivity contribution >= 4 is 7.85 Å². The van der Waals surface area contributed by atoms with Gasteiger partial charge >= 0.3 is 0 Å². The summed E-state index contributed by atoms with van der Waals surface area (Å²) in [6.45, 7) is 2.02. The first-order valence-electron chi connectivity index (χ1n) is 4.52. The van der Waals surface area contributed by atoms with Crippen molar-refractivity contribution in [1.82, 2.24) is 5.32 Å². The second kappa shape index (κ2) is 2.48. The summed E-state index contributed by atoms with van der Waals surface area (Å²) in [5, 5.41) is 12.3. The summed E-state index contributed by atoms with van der Waals surface area (Å²) >= 11 is 0. The molecule has 2 rings (SSSR count). The van der Waals surface area contributed by atoms with Crippen molar-refractivity contribution in [3.63, 3.8) is 0 Å². The van der Waals surface area contributed by atoms with E-state index in [2.05, 4.69) is 19.2 Å². The molecular formula is C8H13BN2O. The summed E-state index contributed by atoms with van der Waals surface area (Å²) in [6.07, 6.45) is 2.55. The Balaban J connectivity index is 1.96. The molecule has 2 fully saturated rings. The first kappa shape index (κ1) is 8.09. The maximum Gasteiger partial charge on any atom is 0.136 e. The predicted octanol–water partition coefficient (Wildman–Crippen LogP) is -0.201. The first-order valence-corrected chi connectivity index (χ1v) is 4.52. The molecule has 1 heterocycles. The molecule has 1 N–H and O–H groups in total. The molecule has 0 amide bonds. The summed E-state index contributed by atoms with van der Waals surface area (Å²) < 4.78 is 5.24. The van der Waals surface area contributed by atoms with E-state index in [9.17, 15) is 0 Å². The molecule has 12 heavy (non-hydrogen) atoms. The van der Waals surface area contributed by atoms with Gasteiger partial charge in [-0.3, -0.25) is 5.32 Å². The third kappa shape index (κ3) is 1.05. The van der Waals surface area contributed by atoms with E-state index in [0.29, 0.717) is 11.9 Å². The van der Waals surface area contributed by atoms with Crippen molar-refractivity contribution in [2.45, 2.75) is 43.5 Å². The van der Waals surface area contributed by atoms with Crippen molar-refractivity contribution in [2.75, 3.05) is 0 Å². The minimum Gasteiger partial charge on any atom is -0.353 e. The fraction of sp³-hybridized carbons (Fsp3) is 0.875. The van der Waals surface area contributed by atoms with Crippen LogP contribution in [0, 0.1) is 11.3 Å². The number of nitriles is 1. The molecule has 1 aliphatic carbocycles. The molecule has 1 saturated carbocycles. The summed E-state index contributed by atoms with van der Waals surface area (Å²) in [5.74, 6) is 0.471. The highest BCUT2D eigenvalue weighted by atomic mass is 16.6. The highest BCUT2D eigenvalue weighted by molar-refractivity contribution is 6.13. The van der Waals surface area contributed by atoms with Crippen molar-refractivity contribution in [3.8, 4) is 6.07 Å². The average molecular weight is 164 g/mol. The summed E-state index contributed by atoms with van der Waals surface area (Å²) in [7, 11) is 2.12. The lowest BCUT2D eigenvalue weighted by Gasteiger charge is -2.43.